The first kappa shape index (κ1) is 14.4. The van der Waals surface area contributed by atoms with E-state index in [9.17, 15) is 13.2 Å². The monoisotopic (exact) mass is 237 g/mol. The molecule has 0 saturated carbocycles. The van der Waals surface area contributed by atoms with Gasteiger partial charge in [0.2, 0.25) is 5.91 Å². The lowest BCUT2D eigenvalue weighted by molar-refractivity contribution is -0.124. The topological polar surface area (TPSA) is 83.5 Å². The Labute approximate surface area is 90.8 Å². The fourth-order valence-electron chi connectivity index (χ4n) is 0.666. The van der Waals surface area contributed by atoms with E-state index in [2.05, 4.69) is 5.32 Å². The van der Waals surface area contributed by atoms with Crippen LogP contribution in [-0.2, 0) is 14.6 Å². The Morgan fingerprint density at radius 3 is 1.93 bits per heavy atom. The van der Waals surface area contributed by atoms with Crippen LogP contribution in [0, 0.1) is 0 Å². The standard InChI is InChI=1S/C9H19NO4S/c1-8(2,6-11)10-7(12)9(3,4)15(5,13)14/h11H,6H2,1-5H3,(H,10,12). The summed E-state index contributed by atoms with van der Waals surface area (Å²) in [7, 11) is -3.48. The summed E-state index contributed by atoms with van der Waals surface area (Å²) in [5, 5.41) is 11.4. The molecule has 0 fully saturated rings. The van der Waals surface area contributed by atoms with Crippen molar-refractivity contribution in [1.82, 2.24) is 5.32 Å². The minimum absolute atomic E-state index is 0.251. The summed E-state index contributed by atoms with van der Waals surface area (Å²) in [5.41, 5.74) is -0.820. The van der Waals surface area contributed by atoms with Gasteiger partial charge in [0.1, 0.15) is 4.75 Å². The van der Waals surface area contributed by atoms with E-state index in [0.717, 1.165) is 6.26 Å². The number of aliphatic hydroxyl groups is 1. The smallest absolute Gasteiger partial charge is 0.241 e. The molecule has 2 N–H and O–H groups in total. The van der Waals surface area contributed by atoms with Gasteiger partial charge in [-0.1, -0.05) is 0 Å². The Kier molecular flexibility index (Phi) is 3.93. The third kappa shape index (κ3) is 3.46. The molecule has 0 heterocycles. The zero-order valence-corrected chi connectivity index (χ0v) is 10.6. The fraction of sp³-hybridized carbons (Fsp3) is 0.889. The van der Waals surface area contributed by atoms with Gasteiger partial charge in [0.05, 0.1) is 12.1 Å². The lowest BCUT2D eigenvalue weighted by Crippen LogP contribution is -2.55. The number of amides is 1. The molecule has 0 aliphatic heterocycles. The third-order valence-corrected chi connectivity index (χ3v) is 4.36. The van der Waals surface area contributed by atoms with Gasteiger partial charge in [-0.15, -0.1) is 0 Å². The van der Waals surface area contributed by atoms with Crippen molar-refractivity contribution in [3.05, 3.63) is 0 Å². The molecule has 0 rings (SSSR count). The number of hydrogen-bond acceptors (Lipinski definition) is 4. The number of carbonyl (C=O) groups excluding carboxylic acids is 1. The van der Waals surface area contributed by atoms with Crippen molar-refractivity contribution in [2.45, 2.75) is 38.0 Å². The molecule has 0 spiro atoms. The molecule has 0 unspecified atom stereocenters. The van der Waals surface area contributed by atoms with Gasteiger partial charge in [-0.3, -0.25) is 4.79 Å². The number of sulfone groups is 1. The highest BCUT2D eigenvalue weighted by Crippen LogP contribution is 2.16. The van der Waals surface area contributed by atoms with E-state index in [1.807, 2.05) is 0 Å². The largest absolute Gasteiger partial charge is 0.394 e. The second-order valence-electron chi connectivity index (χ2n) is 4.78. The lowest BCUT2D eigenvalue weighted by Gasteiger charge is -2.29. The van der Waals surface area contributed by atoms with E-state index < -0.39 is 26.0 Å². The number of aliphatic hydroxyl groups excluding tert-OH is 1. The average Bonchev–Trinajstić information content (AvgIpc) is 2.01. The molecule has 0 atom stereocenters. The maximum atomic E-state index is 11.7. The fourth-order valence-corrected chi connectivity index (χ4v) is 1.05. The molecule has 0 saturated heterocycles. The van der Waals surface area contributed by atoms with Crippen molar-refractivity contribution in [3.63, 3.8) is 0 Å². The summed E-state index contributed by atoms with van der Waals surface area (Å²) in [5.74, 6) is -0.607. The molecule has 0 radical (unpaired) electrons. The van der Waals surface area contributed by atoms with Gasteiger partial charge < -0.3 is 10.4 Å². The first-order valence-corrected chi connectivity index (χ1v) is 6.46. The van der Waals surface area contributed by atoms with Crippen molar-refractivity contribution >= 4 is 15.7 Å². The molecule has 6 heteroatoms. The number of rotatable bonds is 4. The summed E-state index contributed by atoms with van der Waals surface area (Å²) in [6.07, 6.45) is 1.01. The van der Waals surface area contributed by atoms with Crippen molar-refractivity contribution in [3.8, 4) is 0 Å². The van der Waals surface area contributed by atoms with E-state index in [1.54, 1.807) is 13.8 Å². The first-order valence-electron chi connectivity index (χ1n) is 4.57. The Bertz CT molecular complexity index is 343. The highest BCUT2D eigenvalue weighted by molar-refractivity contribution is 7.92. The van der Waals surface area contributed by atoms with Crippen LogP contribution < -0.4 is 5.32 Å². The molecule has 5 nitrogen and oxygen atoms in total. The van der Waals surface area contributed by atoms with E-state index in [-0.39, 0.29) is 6.61 Å². The summed E-state index contributed by atoms with van der Waals surface area (Å²) in [6, 6.07) is 0. The van der Waals surface area contributed by atoms with Crippen LogP contribution >= 0.6 is 0 Å². The molecule has 0 aliphatic carbocycles. The Hall–Kier alpha value is -0.620. The van der Waals surface area contributed by atoms with Crippen LogP contribution in [0.1, 0.15) is 27.7 Å². The normalized spacial score (nSPS) is 13.7. The highest BCUT2D eigenvalue weighted by atomic mass is 32.2. The van der Waals surface area contributed by atoms with E-state index >= 15 is 0 Å². The van der Waals surface area contributed by atoms with Crippen LogP contribution in [0.25, 0.3) is 0 Å². The zero-order valence-electron chi connectivity index (χ0n) is 9.79. The van der Waals surface area contributed by atoms with Gasteiger partial charge in [0, 0.05) is 6.26 Å². The van der Waals surface area contributed by atoms with E-state index in [1.165, 1.54) is 13.8 Å². The zero-order chi connectivity index (χ0) is 12.5. The van der Waals surface area contributed by atoms with Crippen molar-refractivity contribution in [2.75, 3.05) is 12.9 Å². The molecule has 1 amide bonds. The summed E-state index contributed by atoms with van der Waals surface area (Å²) < 4.78 is 21.2. The van der Waals surface area contributed by atoms with E-state index in [0.29, 0.717) is 0 Å². The highest BCUT2D eigenvalue weighted by Gasteiger charge is 2.40. The Morgan fingerprint density at radius 1 is 1.27 bits per heavy atom. The van der Waals surface area contributed by atoms with Crippen LogP contribution in [-0.4, -0.2) is 42.6 Å². The second kappa shape index (κ2) is 4.09. The molecule has 0 aromatic heterocycles. The number of hydrogen-bond donors (Lipinski definition) is 2. The Balaban J connectivity index is 4.90. The molecule has 90 valence electrons. The van der Waals surface area contributed by atoms with Crippen molar-refractivity contribution < 1.29 is 18.3 Å². The average molecular weight is 237 g/mol. The molecule has 15 heavy (non-hydrogen) atoms. The van der Waals surface area contributed by atoms with Gasteiger partial charge in [-0.25, -0.2) is 8.42 Å². The maximum absolute atomic E-state index is 11.7. The van der Waals surface area contributed by atoms with Crippen molar-refractivity contribution in [1.29, 1.82) is 0 Å². The molecular formula is C9H19NO4S. The van der Waals surface area contributed by atoms with Crippen LogP contribution in [0.5, 0.6) is 0 Å². The summed E-state index contributed by atoms with van der Waals surface area (Å²) in [4.78, 5) is 11.7. The summed E-state index contributed by atoms with van der Waals surface area (Å²) in [6.45, 7) is 5.65. The van der Waals surface area contributed by atoms with Gasteiger partial charge in [-0.05, 0) is 27.7 Å². The van der Waals surface area contributed by atoms with Crippen LogP contribution in [0.15, 0.2) is 0 Å². The second-order valence-corrected chi connectivity index (χ2v) is 7.34. The molecule has 0 aromatic rings. The van der Waals surface area contributed by atoms with Crippen LogP contribution in [0.3, 0.4) is 0 Å². The quantitative estimate of drug-likeness (QED) is 0.703. The third-order valence-electron chi connectivity index (χ3n) is 2.32. The molecule has 0 aliphatic rings. The van der Waals surface area contributed by atoms with Gasteiger partial charge in [-0.2, -0.15) is 0 Å². The predicted molar refractivity (Wildman–Crippen MR) is 58.2 cm³/mol. The SMILES string of the molecule is CC(C)(CO)NC(=O)C(C)(C)S(C)(=O)=O. The lowest BCUT2D eigenvalue weighted by atomic mass is 10.1. The minimum atomic E-state index is -3.48. The number of nitrogens with one attached hydrogen (secondary N) is 1. The van der Waals surface area contributed by atoms with Gasteiger partial charge in [0.25, 0.3) is 0 Å². The van der Waals surface area contributed by atoms with E-state index in [4.69, 9.17) is 5.11 Å². The molecule has 0 bridgehead atoms. The molecular weight excluding hydrogens is 218 g/mol. The van der Waals surface area contributed by atoms with Gasteiger partial charge >= 0.3 is 0 Å². The minimum Gasteiger partial charge on any atom is -0.394 e. The molecule has 0 aromatic carbocycles. The van der Waals surface area contributed by atoms with Gasteiger partial charge in [0.15, 0.2) is 9.84 Å². The Morgan fingerprint density at radius 2 is 1.67 bits per heavy atom. The first-order chi connectivity index (χ1) is 6.44. The predicted octanol–water partition coefficient (Wildman–Crippen LogP) is -0.303. The maximum Gasteiger partial charge on any atom is 0.241 e. The summed E-state index contributed by atoms with van der Waals surface area (Å²) >= 11 is 0. The van der Waals surface area contributed by atoms with Crippen LogP contribution in [0.4, 0.5) is 0 Å². The van der Waals surface area contributed by atoms with Crippen molar-refractivity contribution in [2.24, 2.45) is 0 Å². The van der Waals surface area contributed by atoms with Crippen LogP contribution in [0.2, 0.25) is 0 Å². The number of carbonyl (C=O) groups is 1.